The first-order valence-corrected chi connectivity index (χ1v) is 6.68. The fraction of sp³-hybridized carbons (Fsp3) is 0.692. The molecule has 0 spiro atoms. The number of imidazole rings is 1. The summed E-state index contributed by atoms with van der Waals surface area (Å²) in [6.07, 6.45) is 3.39. The predicted octanol–water partition coefficient (Wildman–Crippen LogP) is 0.837. The second-order valence-corrected chi connectivity index (χ2v) is 5.40. The molecule has 1 aromatic rings. The van der Waals surface area contributed by atoms with Crippen molar-refractivity contribution in [3.05, 3.63) is 18.2 Å². The van der Waals surface area contributed by atoms with Crippen molar-refractivity contribution in [1.29, 1.82) is 0 Å². The molecule has 1 unspecified atom stereocenters. The zero-order chi connectivity index (χ0) is 14.0. The summed E-state index contributed by atoms with van der Waals surface area (Å²) in [5.74, 6) is -0.799. The monoisotopic (exact) mass is 266 g/mol. The Morgan fingerprint density at radius 3 is 2.47 bits per heavy atom. The van der Waals surface area contributed by atoms with Gasteiger partial charge >= 0.3 is 5.97 Å². The molecule has 0 aromatic carbocycles. The molecular formula is C13H22N4O2. The van der Waals surface area contributed by atoms with Gasteiger partial charge in [0.15, 0.2) is 6.04 Å². The number of nitrogens with zero attached hydrogens (tertiary/aromatic N) is 4. The molecule has 2 rings (SSSR count). The quantitative estimate of drug-likeness (QED) is 0.875. The Bertz CT molecular complexity index is 436. The van der Waals surface area contributed by atoms with Gasteiger partial charge in [-0.1, -0.05) is 0 Å². The van der Waals surface area contributed by atoms with E-state index < -0.39 is 12.0 Å². The third-order valence-corrected chi connectivity index (χ3v) is 3.67. The molecule has 1 aliphatic rings. The molecule has 6 heteroatoms. The molecule has 1 aromatic heterocycles. The van der Waals surface area contributed by atoms with Crippen LogP contribution >= 0.6 is 0 Å². The Hall–Kier alpha value is -1.40. The lowest BCUT2D eigenvalue weighted by molar-refractivity contribution is -0.144. The summed E-state index contributed by atoms with van der Waals surface area (Å²) in [5.41, 5.74) is 0.770. The van der Waals surface area contributed by atoms with Crippen molar-refractivity contribution in [1.82, 2.24) is 19.4 Å². The molecule has 0 radical (unpaired) electrons. The number of aliphatic carboxylic acids is 1. The molecule has 0 amide bonds. The van der Waals surface area contributed by atoms with E-state index in [4.69, 9.17) is 0 Å². The topological polar surface area (TPSA) is 61.6 Å². The van der Waals surface area contributed by atoms with Crippen LogP contribution in [0, 0.1) is 0 Å². The Labute approximate surface area is 113 Å². The van der Waals surface area contributed by atoms with E-state index in [0.29, 0.717) is 0 Å². The molecule has 6 nitrogen and oxygen atoms in total. The van der Waals surface area contributed by atoms with E-state index in [1.807, 2.05) is 23.3 Å². The molecule has 1 saturated heterocycles. The van der Waals surface area contributed by atoms with Gasteiger partial charge < -0.3 is 14.6 Å². The smallest absolute Gasteiger partial charge is 0.327 e. The number of hydrogen-bond donors (Lipinski definition) is 1. The van der Waals surface area contributed by atoms with E-state index in [-0.39, 0.29) is 6.04 Å². The first kappa shape index (κ1) is 14.0. The van der Waals surface area contributed by atoms with E-state index in [9.17, 15) is 9.90 Å². The van der Waals surface area contributed by atoms with Gasteiger partial charge in [0.05, 0.1) is 18.2 Å². The lowest BCUT2D eigenvalue weighted by Gasteiger charge is -2.36. The normalized spacial score (nSPS) is 19.8. The number of piperazine rings is 1. The Kier molecular flexibility index (Phi) is 4.21. The summed E-state index contributed by atoms with van der Waals surface area (Å²) < 4.78 is 1.94. The number of carboxylic acids is 1. The first-order valence-electron chi connectivity index (χ1n) is 6.68. The lowest BCUT2D eigenvalue weighted by Crippen LogP contribution is -2.48. The lowest BCUT2D eigenvalue weighted by atomic mass is 10.1. The summed E-state index contributed by atoms with van der Waals surface area (Å²) in [5, 5.41) is 9.57. The van der Waals surface area contributed by atoms with Crippen molar-refractivity contribution < 1.29 is 9.90 Å². The molecule has 19 heavy (non-hydrogen) atoms. The first-order chi connectivity index (χ1) is 9.00. The molecule has 1 atom stereocenters. The summed E-state index contributed by atoms with van der Waals surface area (Å²) in [6, 6.07) is -0.384. The van der Waals surface area contributed by atoms with Crippen LogP contribution in [-0.2, 0) is 4.79 Å². The predicted molar refractivity (Wildman–Crippen MR) is 72.1 cm³/mol. The van der Waals surface area contributed by atoms with Gasteiger partial charge in [-0.05, 0) is 20.9 Å². The average Bonchev–Trinajstić information content (AvgIpc) is 2.80. The van der Waals surface area contributed by atoms with Crippen molar-refractivity contribution in [3.8, 4) is 0 Å². The Morgan fingerprint density at radius 2 is 1.95 bits per heavy atom. The van der Waals surface area contributed by atoms with Crippen LogP contribution in [0.1, 0.15) is 31.6 Å². The van der Waals surface area contributed by atoms with Gasteiger partial charge in [-0.15, -0.1) is 0 Å². The summed E-state index contributed by atoms with van der Waals surface area (Å²) in [6.45, 7) is 7.43. The van der Waals surface area contributed by atoms with Crippen molar-refractivity contribution in [2.75, 3.05) is 33.2 Å². The van der Waals surface area contributed by atoms with E-state index >= 15 is 0 Å². The number of rotatable bonds is 4. The minimum atomic E-state index is -0.799. The highest BCUT2D eigenvalue weighted by atomic mass is 16.4. The van der Waals surface area contributed by atoms with E-state index in [2.05, 4.69) is 16.9 Å². The third kappa shape index (κ3) is 2.96. The molecule has 1 aliphatic heterocycles. The SMILES string of the molecule is CC(C)n1cncc1C(C(=O)O)N1CCN(C)CC1. The van der Waals surface area contributed by atoms with Gasteiger partial charge in [0.25, 0.3) is 0 Å². The Morgan fingerprint density at radius 1 is 1.32 bits per heavy atom. The molecular weight excluding hydrogens is 244 g/mol. The second kappa shape index (κ2) is 5.71. The van der Waals surface area contributed by atoms with Gasteiger partial charge in [0.2, 0.25) is 0 Å². The highest BCUT2D eigenvalue weighted by molar-refractivity contribution is 5.75. The maximum Gasteiger partial charge on any atom is 0.327 e. The third-order valence-electron chi connectivity index (χ3n) is 3.67. The zero-order valence-corrected chi connectivity index (χ0v) is 11.8. The fourth-order valence-corrected chi connectivity index (χ4v) is 2.51. The van der Waals surface area contributed by atoms with Crippen LogP contribution in [0.2, 0.25) is 0 Å². The Balaban J connectivity index is 2.25. The zero-order valence-electron chi connectivity index (χ0n) is 11.8. The number of carbonyl (C=O) groups is 1. The summed E-state index contributed by atoms with van der Waals surface area (Å²) in [4.78, 5) is 20.0. The number of likely N-dealkylation sites (N-methyl/N-ethyl adjacent to an activating group) is 1. The number of hydrogen-bond acceptors (Lipinski definition) is 4. The van der Waals surface area contributed by atoms with Crippen LogP contribution in [0.15, 0.2) is 12.5 Å². The number of aromatic nitrogens is 2. The van der Waals surface area contributed by atoms with Crippen LogP contribution in [0.3, 0.4) is 0 Å². The summed E-state index contributed by atoms with van der Waals surface area (Å²) >= 11 is 0. The van der Waals surface area contributed by atoms with Gasteiger partial charge in [0, 0.05) is 32.2 Å². The minimum absolute atomic E-state index is 0.215. The van der Waals surface area contributed by atoms with Gasteiger partial charge in [-0.3, -0.25) is 9.69 Å². The number of carboxylic acid groups (broad SMARTS) is 1. The van der Waals surface area contributed by atoms with Crippen molar-refractivity contribution in [2.24, 2.45) is 0 Å². The molecule has 0 aliphatic carbocycles. The standard InChI is InChI=1S/C13H22N4O2/c1-10(2)17-9-14-8-11(17)12(13(18)19)16-6-4-15(3)5-7-16/h8-10,12H,4-7H2,1-3H3,(H,18,19). The summed E-state index contributed by atoms with van der Waals surface area (Å²) in [7, 11) is 2.06. The van der Waals surface area contributed by atoms with Crippen LogP contribution in [-0.4, -0.2) is 63.7 Å². The van der Waals surface area contributed by atoms with Gasteiger partial charge in [-0.25, -0.2) is 4.98 Å². The highest BCUT2D eigenvalue weighted by Gasteiger charge is 2.32. The van der Waals surface area contributed by atoms with Crippen LogP contribution in [0.25, 0.3) is 0 Å². The second-order valence-electron chi connectivity index (χ2n) is 5.40. The molecule has 106 valence electrons. The molecule has 0 bridgehead atoms. The van der Waals surface area contributed by atoms with E-state index in [1.54, 1.807) is 12.5 Å². The maximum atomic E-state index is 11.7. The molecule has 2 heterocycles. The van der Waals surface area contributed by atoms with Crippen LogP contribution in [0.5, 0.6) is 0 Å². The molecule has 1 fully saturated rings. The van der Waals surface area contributed by atoms with E-state index in [0.717, 1.165) is 31.9 Å². The van der Waals surface area contributed by atoms with Gasteiger partial charge in [0.1, 0.15) is 0 Å². The van der Waals surface area contributed by atoms with Crippen molar-refractivity contribution >= 4 is 5.97 Å². The van der Waals surface area contributed by atoms with Crippen molar-refractivity contribution in [2.45, 2.75) is 25.9 Å². The maximum absolute atomic E-state index is 11.7. The van der Waals surface area contributed by atoms with Crippen LogP contribution in [0.4, 0.5) is 0 Å². The van der Waals surface area contributed by atoms with Crippen molar-refractivity contribution in [3.63, 3.8) is 0 Å². The highest BCUT2D eigenvalue weighted by Crippen LogP contribution is 2.24. The van der Waals surface area contributed by atoms with E-state index in [1.165, 1.54) is 0 Å². The van der Waals surface area contributed by atoms with Crippen LogP contribution < -0.4 is 0 Å². The molecule has 0 saturated carbocycles. The minimum Gasteiger partial charge on any atom is -0.480 e. The van der Waals surface area contributed by atoms with Gasteiger partial charge in [-0.2, -0.15) is 0 Å². The average molecular weight is 266 g/mol. The molecule has 1 N–H and O–H groups in total. The fourth-order valence-electron chi connectivity index (χ4n) is 2.51. The largest absolute Gasteiger partial charge is 0.480 e.